The average molecular weight is 445 g/mol. The molecule has 1 unspecified atom stereocenters. The number of hydrogen-bond donors (Lipinski definition) is 2. The fourth-order valence-electron chi connectivity index (χ4n) is 3.90. The first-order chi connectivity index (χ1) is 15.8. The number of carbonyl (C=O) groups excluding carboxylic acids is 1. The van der Waals surface area contributed by atoms with Crippen LogP contribution in [0.3, 0.4) is 0 Å². The first-order valence-corrected chi connectivity index (χ1v) is 10.4. The van der Waals surface area contributed by atoms with Gasteiger partial charge in [0.25, 0.3) is 5.91 Å². The Bertz CT molecular complexity index is 1350. The summed E-state index contributed by atoms with van der Waals surface area (Å²) in [6.07, 6.45) is 7.24. The maximum Gasteiger partial charge on any atom is 0.258 e. The van der Waals surface area contributed by atoms with Gasteiger partial charge in [-0.2, -0.15) is 15.2 Å². The molecule has 1 fully saturated rings. The van der Waals surface area contributed by atoms with Crippen molar-refractivity contribution in [3.05, 3.63) is 60.2 Å². The Balaban J connectivity index is 1.45. The average Bonchev–Trinajstić information content (AvgIpc) is 3.48. The summed E-state index contributed by atoms with van der Waals surface area (Å²) in [5.74, 6) is 1.29. The van der Waals surface area contributed by atoms with Crippen LogP contribution in [0.4, 0.5) is 11.8 Å². The molecule has 0 aromatic carbocycles. The summed E-state index contributed by atoms with van der Waals surface area (Å²) in [4.78, 5) is 27.2. The highest BCUT2D eigenvalue weighted by Crippen LogP contribution is 2.34. The number of nitrogens with zero attached hydrogens (tertiary/aromatic N) is 8. The number of amides is 1. The second-order valence-electron chi connectivity index (χ2n) is 8.11. The standard InChI is InChI=1S/C22H23N9O2/c1-14-13-31(18-5-9-24-21(26-18)25-17-6-10-30(3)27-17)28-19(14)16-12-15(4-8-23-16)22(33)7-11-29(2)20(22)32/h4-6,8-10,12-13,33H,7,11H2,1-3H3,(H,24,25,26,27). The zero-order valence-corrected chi connectivity index (χ0v) is 18.5. The van der Waals surface area contributed by atoms with Gasteiger partial charge < -0.3 is 15.3 Å². The lowest BCUT2D eigenvalue weighted by Crippen LogP contribution is -2.36. The number of rotatable bonds is 5. The Hall–Kier alpha value is -4.12. The molecule has 168 valence electrons. The first-order valence-electron chi connectivity index (χ1n) is 10.4. The zero-order chi connectivity index (χ0) is 23.2. The highest BCUT2D eigenvalue weighted by molar-refractivity contribution is 5.88. The summed E-state index contributed by atoms with van der Waals surface area (Å²) >= 11 is 0. The van der Waals surface area contributed by atoms with Crippen molar-refractivity contribution >= 4 is 17.7 Å². The molecule has 0 bridgehead atoms. The van der Waals surface area contributed by atoms with Crippen LogP contribution in [0.15, 0.2) is 49.1 Å². The molecular formula is C22H23N9O2. The minimum absolute atomic E-state index is 0.309. The molecule has 1 aliphatic heterocycles. The number of anilines is 2. The van der Waals surface area contributed by atoms with E-state index in [9.17, 15) is 9.90 Å². The van der Waals surface area contributed by atoms with Crippen LogP contribution in [0.1, 0.15) is 17.5 Å². The van der Waals surface area contributed by atoms with Crippen LogP contribution in [0.2, 0.25) is 0 Å². The van der Waals surface area contributed by atoms with E-state index >= 15 is 0 Å². The van der Waals surface area contributed by atoms with Gasteiger partial charge >= 0.3 is 0 Å². The molecule has 1 amide bonds. The Morgan fingerprint density at radius 1 is 1.12 bits per heavy atom. The molecule has 11 heteroatoms. The van der Waals surface area contributed by atoms with Crippen LogP contribution >= 0.6 is 0 Å². The summed E-state index contributed by atoms with van der Waals surface area (Å²) in [6, 6.07) is 6.97. The molecule has 1 saturated heterocycles. The minimum Gasteiger partial charge on any atom is -0.375 e. The van der Waals surface area contributed by atoms with Crippen LogP contribution in [0.5, 0.6) is 0 Å². The fourth-order valence-corrected chi connectivity index (χ4v) is 3.90. The number of aromatic nitrogens is 7. The van der Waals surface area contributed by atoms with Gasteiger partial charge in [-0.3, -0.25) is 14.5 Å². The van der Waals surface area contributed by atoms with Gasteiger partial charge in [0.2, 0.25) is 5.95 Å². The molecule has 5 heterocycles. The van der Waals surface area contributed by atoms with Crippen molar-refractivity contribution in [3.63, 3.8) is 0 Å². The lowest BCUT2D eigenvalue weighted by atomic mass is 9.92. The summed E-state index contributed by atoms with van der Waals surface area (Å²) < 4.78 is 3.33. The van der Waals surface area contributed by atoms with Gasteiger partial charge in [-0.05, 0) is 30.2 Å². The van der Waals surface area contributed by atoms with Crippen molar-refractivity contribution in [3.8, 4) is 17.2 Å². The molecule has 0 saturated carbocycles. The molecule has 33 heavy (non-hydrogen) atoms. The molecule has 11 nitrogen and oxygen atoms in total. The van der Waals surface area contributed by atoms with E-state index in [1.165, 1.54) is 4.90 Å². The van der Waals surface area contributed by atoms with Gasteiger partial charge in [0.05, 0.1) is 5.69 Å². The predicted octanol–water partition coefficient (Wildman–Crippen LogP) is 1.56. The number of likely N-dealkylation sites (tertiary alicyclic amines) is 1. The van der Waals surface area contributed by atoms with Crippen molar-refractivity contribution in [2.24, 2.45) is 7.05 Å². The molecule has 0 radical (unpaired) electrons. The third-order valence-electron chi connectivity index (χ3n) is 5.72. The summed E-state index contributed by atoms with van der Waals surface area (Å²) in [5, 5.41) is 23.0. The van der Waals surface area contributed by atoms with Gasteiger partial charge in [-0.15, -0.1) is 0 Å². The van der Waals surface area contributed by atoms with Crippen LogP contribution in [-0.4, -0.2) is 64.0 Å². The summed E-state index contributed by atoms with van der Waals surface area (Å²) in [6.45, 7) is 2.42. The smallest absolute Gasteiger partial charge is 0.258 e. The van der Waals surface area contributed by atoms with E-state index in [0.717, 1.165) is 5.56 Å². The third kappa shape index (κ3) is 3.72. The molecule has 1 aliphatic rings. The maximum absolute atomic E-state index is 12.5. The zero-order valence-electron chi connectivity index (χ0n) is 18.5. The van der Waals surface area contributed by atoms with E-state index in [2.05, 4.69) is 30.5 Å². The highest BCUT2D eigenvalue weighted by Gasteiger charge is 2.45. The molecule has 0 spiro atoms. The molecule has 4 aromatic rings. The van der Waals surface area contributed by atoms with E-state index in [0.29, 0.717) is 47.5 Å². The normalized spacial score (nSPS) is 18.2. The SMILES string of the molecule is Cc1cn(-c2ccnc(Nc3ccn(C)n3)n2)nc1-c1cc(C2(O)CCN(C)C2=O)ccn1. The number of pyridine rings is 1. The summed E-state index contributed by atoms with van der Waals surface area (Å²) in [7, 11) is 3.52. The molecular weight excluding hydrogens is 422 g/mol. The van der Waals surface area contributed by atoms with Gasteiger partial charge in [-0.25, -0.2) is 9.67 Å². The minimum atomic E-state index is -1.54. The van der Waals surface area contributed by atoms with E-state index in [1.807, 2.05) is 32.4 Å². The van der Waals surface area contributed by atoms with E-state index in [4.69, 9.17) is 0 Å². The Morgan fingerprint density at radius 3 is 2.67 bits per heavy atom. The summed E-state index contributed by atoms with van der Waals surface area (Å²) in [5.41, 5.74) is 1.05. The lowest BCUT2D eigenvalue weighted by molar-refractivity contribution is -0.143. The Morgan fingerprint density at radius 2 is 1.94 bits per heavy atom. The number of aryl methyl sites for hydroxylation is 2. The largest absolute Gasteiger partial charge is 0.375 e. The van der Waals surface area contributed by atoms with E-state index in [-0.39, 0.29) is 5.91 Å². The van der Waals surface area contributed by atoms with Crippen molar-refractivity contribution in [1.29, 1.82) is 0 Å². The predicted molar refractivity (Wildman–Crippen MR) is 120 cm³/mol. The monoisotopic (exact) mass is 445 g/mol. The van der Waals surface area contributed by atoms with Crippen LogP contribution in [0.25, 0.3) is 17.2 Å². The number of likely N-dealkylation sites (N-methyl/N-ethyl adjacent to an activating group) is 1. The van der Waals surface area contributed by atoms with Gasteiger partial charge in [-0.1, -0.05) is 0 Å². The molecule has 0 aliphatic carbocycles. The second kappa shape index (κ2) is 7.78. The highest BCUT2D eigenvalue weighted by atomic mass is 16.3. The van der Waals surface area contributed by atoms with Crippen molar-refractivity contribution < 1.29 is 9.90 Å². The molecule has 1 atom stereocenters. The topological polar surface area (TPSA) is 127 Å². The maximum atomic E-state index is 12.5. The van der Waals surface area contributed by atoms with Crippen molar-refractivity contribution in [2.45, 2.75) is 18.9 Å². The van der Waals surface area contributed by atoms with Crippen molar-refractivity contribution in [2.75, 3.05) is 18.9 Å². The van der Waals surface area contributed by atoms with Crippen LogP contribution < -0.4 is 5.32 Å². The number of nitrogens with one attached hydrogen (secondary N) is 1. The van der Waals surface area contributed by atoms with E-state index < -0.39 is 5.60 Å². The number of hydrogen-bond acceptors (Lipinski definition) is 8. The first kappa shape index (κ1) is 20.8. The molecule has 4 aromatic heterocycles. The third-order valence-corrected chi connectivity index (χ3v) is 5.72. The van der Waals surface area contributed by atoms with Crippen LogP contribution in [-0.2, 0) is 17.4 Å². The number of aliphatic hydroxyl groups is 1. The Labute approximate surface area is 189 Å². The quantitative estimate of drug-likeness (QED) is 0.474. The van der Waals surface area contributed by atoms with Gasteiger partial charge in [0, 0.05) is 64.0 Å². The second-order valence-corrected chi connectivity index (χ2v) is 8.11. The van der Waals surface area contributed by atoms with E-state index in [1.54, 1.807) is 47.0 Å². The van der Waals surface area contributed by atoms with Gasteiger partial charge in [0.15, 0.2) is 17.2 Å². The lowest BCUT2D eigenvalue weighted by Gasteiger charge is -2.21. The molecule has 5 rings (SSSR count). The molecule has 2 N–H and O–H groups in total. The number of carbonyl (C=O) groups is 1. The van der Waals surface area contributed by atoms with Crippen LogP contribution in [0, 0.1) is 6.92 Å². The van der Waals surface area contributed by atoms with Gasteiger partial charge in [0.1, 0.15) is 5.69 Å². The fraction of sp³-hybridized carbons (Fsp3) is 0.273. The van der Waals surface area contributed by atoms with Crippen molar-refractivity contribution in [1.82, 2.24) is 39.4 Å². The Kier molecular flexibility index (Phi) is 4.90.